The van der Waals surface area contributed by atoms with Crippen molar-refractivity contribution < 1.29 is 17.9 Å². The van der Waals surface area contributed by atoms with Crippen LogP contribution in [0.4, 0.5) is 13.2 Å². The summed E-state index contributed by atoms with van der Waals surface area (Å²) in [6.45, 7) is 7.34. The summed E-state index contributed by atoms with van der Waals surface area (Å²) < 4.78 is 44.3. The van der Waals surface area contributed by atoms with E-state index in [1.165, 1.54) is 0 Å². The molecule has 4 atom stereocenters. The minimum Gasteiger partial charge on any atom is -0.379 e. The number of ether oxygens (including phenoxy) is 1. The summed E-state index contributed by atoms with van der Waals surface area (Å²) >= 11 is 0. The maximum Gasteiger partial charge on any atom is 0.391 e. The molecule has 2 N–H and O–H groups in total. The maximum absolute atomic E-state index is 12.9. The van der Waals surface area contributed by atoms with Crippen molar-refractivity contribution in [3.05, 3.63) is 0 Å². The standard InChI is InChI=1S/C17H31F3N4O/c1-12(24-7-8-25-11-13(24)2)10-22-16(21-3)23-15-6-4-5-14(9-15)17(18,19)20/h12-15H,4-11H2,1-3H3,(H2,21,22,23). The zero-order chi connectivity index (χ0) is 18.4. The molecule has 1 heterocycles. The quantitative estimate of drug-likeness (QED) is 0.594. The first-order chi connectivity index (χ1) is 11.8. The van der Waals surface area contributed by atoms with Crippen LogP contribution in [0.3, 0.4) is 0 Å². The van der Waals surface area contributed by atoms with Crippen LogP contribution >= 0.6 is 0 Å². The van der Waals surface area contributed by atoms with Gasteiger partial charge in [0.05, 0.1) is 19.1 Å². The Morgan fingerprint density at radius 1 is 1.36 bits per heavy atom. The lowest BCUT2D eigenvalue weighted by atomic mass is 9.85. The Morgan fingerprint density at radius 3 is 2.76 bits per heavy atom. The van der Waals surface area contributed by atoms with Crippen LogP contribution in [-0.2, 0) is 4.74 Å². The zero-order valence-electron chi connectivity index (χ0n) is 15.4. The molecular formula is C17H31F3N4O. The highest BCUT2D eigenvalue weighted by Gasteiger charge is 2.42. The largest absolute Gasteiger partial charge is 0.391 e. The van der Waals surface area contributed by atoms with E-state index in [4.69, 9.17) is 4.74 Å². The summed E-state index contributed by atoms with van der Waals surface area (Å²) in [7, 11) is 1.65. The normalized spacial score (nSPS) is 30.8. The molecule has 0 aromatic rings. The zero-order valence-corrected chi connectivity index (χ0v) is 15.4. The van der Waals surface area contributed by atoms with Crippen LogP contribution in [0.5, 0.6) is 0 Å². The Balaban J connectivity index is 1.80. The number of hydrogen-bond donors (Lipinski definition) is 2. The molecule has 0 aromatic carbocycles. The fourth-order valence-corrected chi connectivity index (χ4v) is 3.76. The molecule has 25 heavy (non-hydrogen) atoms. The number of aliphatic imine (C=N–C) groups is 1. The van der Waals surface area contributed by atoms with Crippen LogP contribution in [0, 0.1) is 5.92 Å². The van der Waals surface area contributed by atoms with Gasteiger partial charge in [-0.2, -0.15) is 13.2 Å². The predicted molar refractivity (Wildman–Crippen MR) is 92.7 cm³/mol. The molecule has 0 aromatic heterocycles. The van der Waals surface area contributed by atoms with Gasteiger partial charge in [-0.05, 0) is 33.1 Å². The molecule has 1 aliphatic carbocycles. The molecule has 2 aliphatic rings. The van der Waals surface area contributed by atoms with E-state index in [1.54, 1.807) is 7.05 Å². The van der Waals surface area contributed by atoms with Gasteiger partial charge in [-0.15, -0.1) is 0 Å². The van der Waals surface area contributed by atoms with Crippen LogP contribution in [-0.4, -0.2) is 68.5 Å². The molecule has 0 radical (unpaired) electrons. The second-order valence-electron chi connectivity index (χ2n) is 7.21. The fourth-order valence-electron chi connectivity index (χ4n) is 3.76. The van der Waals surface area contributed by atoms with Gasteiger partial charge in [-0.1, -0.05) is 6.42 Å². The number of hydrogen-bond acceptors (Lipinski definition) is 3. The van der Waals surface area contributed by atoms with Gasteiger partial charge in [0.25, 0.3) is 0 Å². The second kappa shape index (κ2) is 9.07. The van der Waals surface area contributed by atoms with Gasteiger partial charge in [-0.25, -0.2) is 0 Å². The molecule has 5 nitrogen and oxygen atoms in total. The highest BCUT2D eigenvalue weighted by atomic mass is 19.4. The van der Waals surface area contributed by atoms with Crippen LogP contribution in [0.2, 0.25) is 0 Å². The highest BCUT2D eigenvalue weighted by Crippen LogP contribution is 2.37. The number of halogens is 3. The van der Waals surface area contributed by atoms with E-state index in [0.717, 1.165) is 26.2 Å². The third-order valence-electron chi connectivity index (χ3n) is 5.25. The van der Waals surface area contributed by atoms with E-state index < -0.39 is 12.1 Å². The van der Waals surface area contributed by atoms with E-state index in [-0.39, 0.29) is 18.9 Å². The molecule has 0 bridgehead atoms. The van der Waals surface area contributed by atoms with Gasteiger partial charge in [0, 0.05) is 38.3 Å². The number of guanidine groups is 1. The molecular weight excluding hydrogens is 333 g/mol. The summed E-state index contributed by atoms with van der Waals surface area (Å²) in [5.41, 5.74) is 0. The number of alkyl halides is 3. The first-order valence-electron chi connectivity index (χ1n) is 9.18. The lowest BCUT2D eigenvalue weighted by Crippen LogP contribution is -2.54. The summed E-state index contributed by atoms with van der Waals surface area (Å²) in [6, 6.07) is 0.488. The van der Waals surface area contributed by atoms with E-state index in [2.05, 4.69) is 34.4 Å². The SMILES string of the molecule is CN=C(NCC(C)N1CCOCC1C)NC1CCCC(C(F)(F)F)C1. The highest BCUT2D eigenvalue weighted by molar-refractivity contribution is 5.80. The summed E-state index contributed by atoms with van der Waals surface area (Å²) in [6.07, 6.45) is -2.39. The minimum absolute atomic E-state index is 0.125. The molecule has 0 amide bonds. The van der Waals surface area contributed by atoms with Gasteiger partial charge < -0.3 is 15.4 Å². The van der Waals surface area contributed by atoms with Crippen LogP contribution in [0.25, 0.3) is 0 Å². The van der Waals surface area contributed by atoms with E-state index in [0.29, 0.717) is 31.0 Å². The second-order valence-corrected chi connectivity index (χ2v) is 7.21. The van der Waals surface area contributed by atoms with Gasteiger partial charge >= 0.3 is 6.18 Å². The average molecular weight is 364 g/mol. The number of morpholine rings is 1. The Hall–Kier alpha value is -1.02. The summed E-state index contributed by atoms with van der Waals surface area (Å²) in [5.74, 6) is -0.620. The lowest BCUT2D eigenvalue weighted by Gasteiger charge is -2.38. The minimum atomic E-state index is -4.10. The summed E-state index contributed by atoms with van der Waals surface area (Å²) in [4.78, 5) is 6.55. The van der Waals surface area contributed by atoms with Crippen molar-refractivity contribution >= 4 is 5.96 Å². The fraction of sp³-hybridized carbons (Fsp3) is 0.941. The molecule has 1 saturated carbocycles. The Morgan fingerprint density at radius 2 is 2.12 bits per heavy atom. The smallest absolute Gasteiger partial charge is 0.379 e. The first-order valence-corrected chi connectivity index (χ1v) is 9.18. The monoisotopic (exact) mass is 364 g/mol. The number of nitrogens with zero attached hydrogens (tertiary/aromatic N) is 2. The average Bonchev–Trinajstić information content (AvgIpc) is 2.58. The molecule has 2 fully saturated rings. The Kier molecular flexibility index (Phi) is 7.37. The molecule has 0 spiro atoms. The molecule has 146 valence electrons. The van der Waals surface area contributed by atoms with Crippen molar-refractivity contribution in [2.45, 2.75) is 63.8 Å². The third-order valence-corrected chi connectivity index (χ3v) is 5.25. The van der Waals surface area contributed by atoms with Crippen LogP contribution in [0.15, 0.2) is 4.99 Å². The number of nitrogens with one attached hydrogen (secondary N) is 2. The van der Waals surface area contributed by atoms with Gasteiger partial charge in [0.2, 0.25) is 0 Å². The van der Waals surface area contributed by atoms with Crippen molar-refractivity contribution in [2.24, 2.45) is 10.9 Å². The molecule has 2 rings (SSSR count). The van der Waals surface area contributed by atoms with Crippen molar-refractivity contribution in [1.29, 1.82) is 0 Å². The van der Waals surface area contributed by atoms with Crippen LogP contribution < -0.4 is 10.6 Å². The van der Waals surface area contributed by atoms with Gasteiger partial charge in [-0.3, -0.25) is 9.89 Å². The maximum atomic E-state index is 12.9. The Labute approximate surface area is 148 Å². The van der Waals surface area contributed by atoms with Crippen molar-refractivity contribution in [1.82, 2.24) is 15.5 Å². The molecule has 1 aliphatic heterocycles. The van der Waals surface area contributed by atoms with E-state index in [1.807, 2.05) is 0 Å². The number of rotatable bonds is 4. The molecule has 1 saturated heterocycles. The third kappa shape index (κ3) is 6.02. The lowest BCUT2D eigenvalue weighted by molar-refractivity contribution is -0.183. The van der Waals surface area contributed by atoms with Crippen molar-refractivity contribution in [2.75, 3.05) is 33.4 Å². The topological polar surface area (TPSA) is 48.9 Å². The molecule has 4 unspecified atom stereocenters. The van der Waals surface area contributed by atoms with Crippen molar-refractivity contribution in [3.8, 4) is 0 Å². The van der Waals surface area contributed by atoms with Crippen LogP contribution in [0.1, 0.15) is 39.5 Å². The first kappa shape index (κ1) is 20.3. The Bertz CT molecular complexity index is 444. The van der Waals surface area contributed by atoms with Gasteiger partial charge in [0.15, 0.2) is 5.96 Å². The predicted octanol–water partition coefficient (Wildman–Crippen LogP) is 2.38. The van der Waals surface area contributed by atoms with E-state index >= 15 is 0 Å². The van der Waals surface area contributed by atoms with Gasteiger partial charge in [0.1, 0.15) is 0 Å². The van der Waals surface area contributed by atoms with E-state index in [9.17, 15) is 13.2 Å². The summed E-state index contributed by atoms with van der Waals surface area (Å²) in [5, 5.41) is 6.44. The van der Waals surface area contributed by atoms with Crippen molar-refractivity contribution in [3.63, 3.8) is 0 Å². The molecule has 8 heteroatoms.